The molecule has 88 valence electrons. The summed E-state index contributed by atoms with van der Waals surface area (Å²) in [6.07, 6.45) is 0. The predicted octanol–water partition coefficient (Wildman–Crippen LogP) is 3.56. The van der Waals surface area contributed by atoms with Gasteiger partial charge in [-0.05, 0) is 35.7 Å². The fourth-order valence-electron chi connectivity index (χ4n) is 1.15. The molecule has 0 fully saturated rings. The molecule has 0 aromatic carbocycles. The second-order valence-electron chi connectivity index (χ2n) is 4.96. The zero-order chi connectivity index (χ0) is 11.8. The first-order chi connectivity index (χ1) is 7.47. The molecule has 1 atom stereocenters. The van der Waals surface area contributed by atoms with Gasteiger partial charge >= 0.3 is 0 Å². The lowest BCUT2D eigenvalue weighted by Gasteiger charge is -2.26. The average molecular weight is 255 g/mol. The molecule has 3 nitrogen and oxygen atoms in total. The maximum absolute atomic E-state index is 4.67. The van der Waals surface area contributed by atoms with Gasteiger partial charge in [-0.3, -0.25) is 4.72 Å². The molecule has 1 unspecified atom stereocenters. The Balaban J connectivity index is 2.11. The van der Waals surface area contributed by atoms with Gasteiger partial charge in [0.15, 0.2) is 0 Å². The fraction of sp³-hybridized carbons (Fsp3) is 0.545. The lowest BCUT2D eigenvalue weighted by atomic mass is 9.89. The van der Waals surface area contributed by atoms with E-state index in [2.05, 4.69) is 54.2 Å². The van der Waals surface area contributed by atoms with Crippen LogP contribution in [0, 0.1) is 5.41 Å². The van der Waals surface area contributed by atoms with E-state index >= 15 is 0 Å². The van der Waals surface area contributed by atoms with E-state index in [1.807, 2.05) is 0 Å². The number of guanidine groups is 1. The van der Waals surface area contributed by atoms with E-state index in [0.29, 0.717) is 0 Å². The Morgan fingerprint density at radius 3 is 2.81 bits per heavy atom. The van der Waals surface area contributed by atoms with Gasteiger partial charge in [-0.2, -0.15) is 0 Å². The van der Waals surface area contributed by atoms with Gasteiger partial charge in [-0.25, -0.2) is 4.99 Å². The Hall–Kier alpha value is -0.680. The average Bonchev–Trinajstić information content (AvgIpc) is 2.63. The molecule has 0 bridgehead atoms. The molecular formula is C11H17N3S2. The first-order valence-electron chi connectivity index (χ1n) is 5.32. The van der Waals surface area contributed by atoms with Crippen molar-refractivity contribution in [2.75, 3.05) is 5.32 Å². The molecule has 1 aliphatic heterocycles. The van der Waals surface area contributed by atoms with Crippen molar-refractivity contribution >= 4 is 34.2 Å². The maximum atomic E-state index is 4.67. The normalized spacial score (nSPS) is 19.9. The Labute approximate surface area is 105 Å². The van der Waals surface area contributed by atoms with E-state index in [9.17, 15) is 0 Å². The van der Waals surface area contributed by atoms with Crippen LogP contribution in [-0.4, -0.2) is 12.0 Å². The minimum atomic E-state index is 0.191. The summed E-state index contributed by atoms with van der Waals surface area (Å²) in [5, 5.41) is 6.59. The molecule has 2 rings (SSSR count). The number of rotatable bonds is 1. The van der Waals surface area contributed by atoms with E-state index in [1.54, 1.807) is 23.3 Å². The molecule has 0 spiro atoms. The molecule has 0 saturated carbocycles. The van der Waals surface area contributed by atoms with Gasteiger partial charge in [-0.1, -0.05) is 20.8 Å². The zero-order valence-corrected chi connectivity index (χ0v) is 11.6. The predicted molar refractivity (Wildman–Crippen MR) is 73.3 cm³/mol. The number of fused-ring (bicyclic) bond motifs is 1. The van der Waals surface area contributed by atoms with Gasteiger partial charge in [-0.15, -0.1) is 11.3 Å². The van der Waals surface area contributed by atoms with Gasteiger partial charge in [0.2, 0.25) is 5.96 Å². The van der Waals surface area contributed by atoms with Crippen molar-refractivity contribution in [3.05, 3.63) is 11.4 Å². The van der Waals surface area contributed by atoms with E-state index < -0.39 is 0 Å². The van der Waals surface area contributed by atoms with Crippen molar-refractivity contribution in [2.45, 2.75) is 38.6 Å². The van der Waals surface area contributed by atoms with E-state index in [0.717, 1.165) is 5.96 Å². The number of aliphatic imine (C=N–C) groups is 1. The van der Waals surface area contributed by atoms with Crippen LogP contribution in [0.1, 0.15) is 27.7 Å². The third-order valence-electron chi connectivity index (χ3n) is 2.69. The van der Waals surface area contributed by atoms with Crippen molar-refractivity contribution in [2.24, 2.45) is 10.4 Å². The van der Waals surface area contributed by atoms with Crippen molar-refractivity contribution in [3.63, 3.8) is 0 Å². The van der Waals surface area contributed by atoms with Gasteiger partial charge in [0.1, 0.15) is 5.00 Å². The van der Waals surface area contributed by atoms with Crippen molar-refractivity contribution in [3.8, 4) is 0 Å². The smallest absolute Gasteiger partial charge is 0.207 e. The highest BCUT2D eigenvalue weighted by Crippen LogP contribution is 2.34. The standard InChI is InChI=1S/C11H17N3S2/c1-7(11(2,3)4)12-10-13-9-8(16-14-10)5-6-15-9/h5-7H,1-4H3,(H2,12,13,14). The summed E-state index contributed by atoms with van der Waals surface area (Å²) in [7, 11) is 0. The molecule has 0 saturated heterocycles. The van der Waals surface area contributed by atoms with Gasteiger partial charge in [0.05, 0.1) is 10.9 Å². The first-order valence-corrected chi connectivity index (χ1v) is 7.01. The van der Waals surface area contributed by atoms with Crippen LogP contribution >= 0.6 is 23.3 Å². The maximum Gasteiger partial charge on any atom is 0.207 e. The second kappa shape index (κ2) is 4.30. The summed E-state index contributed by atoms with van der Waals surface area (Å²) in [6.45, 7) is 8.75. The summed E-state index contributed by atoms with van der Waals surface area (Å²) in [5.74, 6) is 0.863. The van der Waals surface area contributed by atoms with Crippen LogP contribution < -0.4 is 10.0 Å². The van der Waals surface area contributed by atoms with E-state index in [4.69, 9.17) is 0 Å². The van der Waals surface area contributed by atoms with Crippen molar-refractivity contribution < 1.29 is 0 Å². The number of hydrogen-bond acceptors (Lipinski definition) is 3. The molecular weight excluding hydrogens is 238 g/mol. The van der Waals surface area contributed by atoms with Gasteiger partial charge in [0, 0.05) is 0 Å². The zero-order valence-electron chi connectivity index (χ0n) is 10.00. The minimum Gasteiger partial charge on any atom is -0.316 e. The molecule has 0 aliphatic carbocycles. The SMILES string of the molecule is CC(N=C1NSc2ccsc2N1)C(C)(C)C. The van der Waals surface area contributed by atoms with E-state index in [-0.39, 0.29) is 11.5 Å². The highest BCUT2D eigenvalue weighted by atomic mass is 32.2. The first kappa shape index (κ1) is 11.8. The molecule has 2 heterocycles. The van der Waals surface area contributed by atoms with Gasteiger partial charge in [0.25, 0.3) is 0 Å². The number of nitrogens with zero attached hydrogens (tertiary/aromatic N) is 1. The van der Waals surface area contributed by atoms with Crippen LogP contribution in [0.3, 0.4) is 0 Å². The largest absolute Gasteiger partial charge is 0.316 e. The topological polar surface area (TPSA) is 36.4 Å². The summed E-state index contributed by atoms with van der Waals surface area (Å²) >= 11 is 3.33. The van der Waals surface area contributed by atoms with Crippen LogP contribution in [0.15, 0.2) is 21.3 Å². The lowest BCUT2D eigenvalue weighted by molar-refractivity contribution is 0.341. The van der Waals surface area contributed by atoms with Crippen LogP contribution in [0.4, 0.5) is 5.00 Å². The number of thiophene rings is 1. The van der Waals surface area contributed by atoms with Crippen LogP contribution in [0.2, 0.25) is 0 Å². The third-order valence-corrected chi connectivity index (χ3v) is 4.51. The molecule has 1 aliphatic rings. The van der Waals surface area contributed by atoms with Crippen LogP contribution in [-0.2, 0) is 0 Å². The second-order valence-corrected chi connectivity index (χ2v) is 6.73. The molecule has 0 radical (unpaired) electrons. The quantitative estimate of drug-likeness (QED) is 0.753. The molecule has 0 amide bonds. The van der Waals surface area contributed by atoms with Crippen molar-refractivity contribution in [1.29, 1.82) is 0 Å². The monoisotopic (exact) mass is 255 g/mol. The summed E-state index contributed by atoms with van der Waals surface area (Å²) in [4.78, 5) is 5.91. The van der Waals surface area contributed by atoms with E-state index in [1.165, 1.54) is 9.90 Å². The van der Waals surface area contributed by atoms with Crippen molar-refractivity contribution in [1.82, 2.24) is 4.72 Å². The molecule has 16 heavy (non-hydrogen) atoms. The van der Waals surface area contributed by atoms with Crippen LogP contribution in [0.25, 0.3) is 0 Å². The van der Waals surface area contributed by atoms with Gasteiger partial charge < -0.3 is 5.32 Å². The summed E-state index contributed by atoms with van der Waals surface area (Å²) in [6, 6.07) is 2.39. The number of anilines is 1. The lowest BCUT2D eigenvalue weighted by Crippen LogP contribution is -2.32. The Kier molecular flexibility index (Phi) is 3.17. The van der Waals surface area contributed by atoms with Crippen LogP contribution in [0.5, 0.6) is 0 Å². The Bertz CT molecular complexity index is 404. The fourth-order valence-corrected chi connectivity index (χ4v) is 2.78. The molecule has 1 aromatic heterocycles. The summed E-state index contributed by atoms with van der Waals surface area (Å²) < 4.78 is 3.23. The Morgan fingerprint density at radius 1 is 1.38 bits per heavy atom. The molecule has 5 heteroatoms. The number of nitrogens with one attached hydrogen (secondary N) is 2. The highest BCUT2D eigenvalue weighted by molar-refractivity contribution is 7.98. The minimum absolute atomic E-state index is 0.191. The molecule has 1 aromatic rings. The third kappa shape index (κ3) is 2.52. The highest BCUT2D eigenvalue weighted by Gasteiger charge is 2.21. The Morgan fingerprint density at radius 2 is 2.12 bits per heavy atom. The number of hydrogen-bond donors (Lipinski definition) is 2. The summed E-state index contributed by atoms with van der Waals surface area (Å²) in [5.41, 5.74) is 0.191. The molecule has 2 N–H and O–H groups in total.